The number of halogens is 1. The normalized spacial score (nSPS) is 11.9. The predicted octanol–water partition coefficient (Wildman–Crippen LogP) is 3.73. The first-order chi connectivity index (χ1) is 12.6. The maximum atomic E-state index is 12.9. The largest absolute Gasteiger partial charge is 0.355 e. The third-order valence-electron chi connectivity index (χ3n) is 4.11. The molecule has 0 saturated carbocycles. The average Bonchev–Trinajstić information content (AvgIpc) is 3.14. The molecular weight excluding hydrogens is 333 g/mol. The summed E-state index contributed by atoms with van der Waals surface area (Å²) in [7, 11) is 0. The van der Waals surface area contributed by atoms with Gasteiger partial charge in [-0.3, -0.25) is 4.79 Å². The van der Waals surface area contributed by atoms with Gasteiger partial charge in [-0.05, 0) is 35.7 Å². The molecule has 0 unspecified atom stereocenters. The van der Waals surface area contributed by atoms with E-state index in [1.165, 1.54) is 17.7 Å². The van der Waals surface area contributed by atoms with E-state index in [9.17, 15) is 9.18 Å². The Kier molecular flexibility index (Phi) is 5.73. The van der Waals surface area contributed by atoms with Crippen molar-refractivity contribution in [2.45, 2.75) is 25.7 Å². The minimum absolute atomic E-state index is 0.0608. The van der Waals surface area contributed by atoms with Crippen molar-refractivity contribution in [3.63, 3.8) is 0 Å². The minimum Gasteiger partial charge on any atom is -0.355 e. The number of benzene rings is 2. The molecule has 1 atom stereocenters. The zero-order valence-electron chi connectivity index (χ0n) is 14.5. The Bertz CT molecular complexity index is 847. The van der Waals surface area contributed by atoms with Crippen LogP contribution in [-0.2, 0) is 11.2 Å². The number of aromatic nitrogens is 2. The summed E-state index contributed by atoms with van der Waals surface area (Å²) < 4.78 is 18.1. The number of hydrogen-bond donors (Lipinski definition) is 1. The van der Waals surface area contributed by atoms with Crippen molar-refractivity contribution in [3.05, 3.63) is 71.9 Å². The number of carbonyl (C=O) groups is 1. The van der Waals surface area contributed by atoms with Crippen molar-refractivity contribution in [1.82, 2.24) is 15.5 Å². The number of nitrogens with zero attached hydrogens (tertiary/aromatic N) is 2. The first-order valence-corrected chi connectivity index (χ1v) is 8.52. The monoisotopic (exact) mass is 353 g/mol. The smallest absolute Gasteiger partial charge is 0.227 e. The van der Waals surface area contributed by atoms with Gasteiger partial charge in [-0.15, -0.1) is 0 Å². The van der Waals surface area contributed by atoms with Gasteiger partial charge in [0.1, 0.15) is 5.82 Å². The van der Waals surface area contributed by atoms with Gasteiger partial charge >= 0.3 is 0 Å². The summed E-state index contributed by atoms with van der Waals surface area (Å²) in [4.78, 5) is 16.3. The van der Waals surface area contributed by atoms with Crippen molar-refractivity contribution in [3.8, 4) is 11.4 Å². The van der Waals surface area contributed by atoms with Crippen molar-refractivity contribution < 1.29 is 13.7 Å². The number of aryl methyl sites for hydroxylation is 1. The molecule has 0 spiro atoms. The highest BCUT2D eigenvalue weighted by Crippen LogP contribution is 2.17. The van der Waals surface area contributed by atoms with Crippen LogP contribution >= 0.6 is 0 Å². The van der Waals surface area contributed by atoms with E-state index < -0.39 is 0 Å². The Balaban J connectivity index is 1.47. The Morgan fingerprint density at radius 1 is 1.15 bits per heavy atom. The van der Waals surface area contributed by atoms with Crippen molar-refractivity contribution >= 4 is 5.91 Å². The Morgan fingerprint density at radius 2 is 1.88 bits per heavy atom. The maximum Gasteiger partial charge on any atom is 0.227 e. The van der Waals surface area contributed by atoms with Crippen molar-refractivity contribution in [2.75, 3.05) is 6.54 Å². The SMILES string of the molecule is C[C@@H](CNC(=O)CCc1nc(-c2ccc(F)cc2)no1)c1ccccc1. The van der Waals surface area contributed by atoms with E-state index >= 15 is 0 Å². The molecule has 1 amide bonds. The van der Waals surface area contributed by atoms with Gasteiger partial charge in [-0.1, -0.05) is 42.4 Å². The van der Waals surface area contributed by atoms with Crippen molar-refractivity contribution in [2.24, 2.45) is 0 Å². The molecule has 0 radical (unpaired) electrons. The van der Waals surface area contributed by atoms with E-state index in [-0.39, 0.29) is 24.1 Å². The lowest BCUT2D eigenvalue weighted by Gasteiger charge is -2.12. The minimum atomic E-state index is -0.320. The van der Waals surface area contributed by atoms with Gasteiger partial charge in [0.25, 0.3) is 0 Å². The molecular formula is C20H20FN3O2. The van der Waals surface area contributed by atoms with E-state index in [0.29, 0.717) is 30.2 Å². The van der Waals surface area contributed by atoms with Crippen LogP contribution in [0.3, 0.4) is 0 Å². The summed E-state index contributed by atoms with van der Waals surface area (Å²) >= 11 is 0. The molecule has 3 rings (SSSR count). The van der Waals surface area contributed by atoms with Gasteiger partial charge in [0.15, 0.2) is 0 Å². The Morgan fingerprint density at radius 3 is 2.62 bits per heavy atom. The molecule has 0 fully saturated rings. The summed E-state index contributed by atoms with van der Waals surface area (Å²) in [6, 6.07) is 15.9. The zero-order valence-corrected chi connectivity index (χ0v) is 14.5. The fourth-order valence-electron chi connectivity index (χ4n) is 2.55. The highest BCUT2D eigenvalue weighted by atomic mass is 19.1. The molecule has 26 heavy (non-hydrogen) atoms. The number of carbonyl (C=O) groups excluding carboxylic acids is 1. The maximum absolute atomic E-state index is 12.9. The summed E-state index contributed by atoms with van der Waals surface area (Å²) in [6.45, 7) is 2.65. The van der Waals surface area contributed by atoms with Crippen LogP contribution in [0.25, 0.3) is 11.4 Å². The van der Waals surface area contributed by atoms with Crippen LogP contribution in [0.1, 0.15) is 30.7 Å². The molecule has 1 N–H and O–H groups in total. The van der Waals surface area contributed by atoms with Gasteiger partial charge in [-0.2, -0.15) is 4.98 Å². The molecule has 0 bridgehead atoms. The standard InChI is InChI=1S/C20H20FN3O2/c1-14(15-5-3-2-4-6-15)13-22-18(25)11-12-19-23-20(24-26-19)16-7-9-17(21)10-8-16/h2-10,14H,11-13H2,1H3,(H,22,25)/t14-/m0/s1. The quantitative estimate of drug-likeness (QED) is 0.703. The van der Waals surface area contributed by atoms with Crippen molar-refractivity contribution in [1.29, 1.82) is 0 Å². The fraction of sp³-hybridized carbons (Fsp3) is 0.250. The molecule has 1 heterocycles. The molecule has 5 nitrogen and oxygen atoms in total. The number of amides is 1. The molecule has 1 aromatic heterocycles. The molecule has 0 saturated heterocycles. The van der Waals surface area contributed by atoms with Gasteiger partial charge in [-0.25, -0.2) is 4.39 Å². The number of nitrogens with one attached hydrogen (secondary N) is 1. The van der Waals surface area contributed by atoms with Crippen LogP contribution in [0, 0.1) is 5.82 Å². The highest BCUT2D eigenvalue weighted by molar-refractivity contribution is 5.76. The van der Waals surface area contributed by atoms with Gasteiger partial charge < -0.3 is 9.84 Å². The van der Waals surface area contributed by atoms with Crippen LogP contribution in [0.15, 0.2) is 59.1 Å². The van der Waals surface area contributed by atoms with E-state index in [1.807, 2.05) is 30.3 Å². The van der Waals surface area contributed by atoms with Crippen LogP contribution < -0.4 is 5.32 Å². The molecule has 0 aliphatic rings. The van der Waals surface area contributed by atoms with E-state index in [1.54, 1.807) is 12.1 Å². The summed E-state index contributed by atoms with van der Waals surface area (Å²) in [6.07, 6.45) is 0.631. The third-order valence-corrected chi connectivity index (χ3v) is 4.11. The Hall–Kier alpha value is -3.02. The van der Waals surface area contributed by atoms with E-state index in [0.717, 1.165) is 0 Å². The fourth-order valence-corrected chi connectivity index (χ4v) is 2.55. The van der Waals surface area contributed by atoms with Crippen LogP contribution in [0.5, 0.6) is 0 Å². The van der Waals surface area contributed by atoms with Gasteiger partial charge in [0.2, 0.25) is 17.6 Å². The van der Waals surface area contributed by atoms with Gasteiger partial charge in [0, 0.05) is 24.9 Å². The first kappa shape index (κ1) is 17.8. The lowest BCUT2D eigenvalue weighted by atomic mass is 10.0. The Labute approximate surface area is 151 Å². The summed E-state index contributed by atoms with van der Waals surface area (Å²) in [5.74, 6) is 0.635. The lowest BCUT2D eigenvalue weighted by molar-refractivity contribution is -0.121. The molecule has 0 aliphatic carbocycles. The topological polar surface area (TPSA) is 68.0 Å². The average molecular weight is 353 g/mol. The lowest BCUT2D eigenvalue weighted by Crippen LogP contribution is -2.27. The second kappa shape index (κ2) is 8.38. The van der Waals surface area contributed by atoms with Crippen LogP contribution in [0.2, 0.25) is 0 Å². The van der Waals surface area contributed by atoms with Gasteiger partial charge in [0.05, 0.1) is 0 Å². The number of rotatable bonds is 7. The zero-order chi connectivity index (χ0) is 18.4. The second-order valence-corrected chi connectivity index (χ2v) is 6.13. The molecule has 134 valence electrons. The highest BCUT2D eigenvalue weighted by Gasteiger charge is 2.12. The molecule has 6 heteroatoms. The predicted molar refractivity (Wildman–Crippen MR) is 95.9 cm³/mol. The summed E-state index contributed by atoms with van der Waals surface area (Å²) in [5.41, 5.74) is 1.86. The third kappa shape index (κ3) is 4.75. The molecule has 0 aliphatic heterocycles. The van der Waals surface area contributed by atoms with Crippen LogP contribution in [-0.4, -0.2) is 22.6 Å². The second-order valence-electron chi connectivity index (χ2n) is 6.13. The summed E-state index contributed by atoms with van der Waals surface area (Å²) in [5, 5.41) is 6.79. The number of hydrogen-bond acceptors (Lipinski definition) is 4. The molecule has 3 aromatic rings. The van der Waals surface area contributed by atoms with Crippen LogP contribution in [0.4, 0.5) is 4.39 Å². The molecule has 2 aromatic carbocycles. The first-order valence-electron chi connectivity index (χ1n) is 8.52. The van der Waals surface area contributed by atoms with E-state index in [4.69, 9.17) is 4.52 Å². The van der Waals surface area contributed by atoms with E-state index in [2.05, 4.69) is 22.4 Å².